The number of benzene rings is 1. The van der Waals surface area contributed by atoms with Crippen molar-refractivity contribution in [3.05, 3.63) is 29.8 Å². The predicted octanol–water partition coefficient (Wildman–Crippen LogP) is 3.01. The number of carbonyl (C=O) groups is 2. The summed E-state index contributed by atoms with van der Waals surface area (Å²) in [4.78, 5) is 25.1. The van der Waals surface area contributed by atoms with Crippen LogP contribution in [0.1, 0.15) is 51.0 Å². The fourth-order valence-electron chi connectivity index (χ4n) is 2.54. The molecule has 1 aliphatic rings. The largest absolute Gasteiger partial charge is 0.352 e. The van der Waals surface area contributed by atoms with Crippen LogP contribution in [0.3, 0.4) is 0 Å². The summed E-state index contributed by atoms with van der Waals surface area (Å²) in [5.41, 5.74) is 2.02. The van der Waals surface area contributed by atoms with Crippen molar-refractivity contribution in [3.63, 3.8) is 0 Å². The Morgan fingerprint density at radius 1 is 1.24 bits per heavy atom. The van der Waals surface area contributed by atoms with Crippen LogP contribution in [-0.2, 0) is 16.1 Å². The number of rotatable bonds is 7. The molecule has 1 N–H and O–H groups in total. The van der Waals surface area contributed by atoms with Crippen LogP contribution < -0.4 is 10.2 Å². The van der Waals surface area contributed by atoms with Gasteiger partial charge in [-0.3, -0.25) is 9.59 Å². The molecule has 2 amide bonds. The van der Waals surface area contributed by atoms with Crippen molar-refractivity contribution < 1.29 is 9.59 Å². The molecule has 1 aromatic rings. The molecule has 1 aromatic carbocycles. The Labute approximate surface area is 126 Å². The van der Waals surface area contributed by atoms with E-state index in [2.05, 4.69) is 12.2 Å². The fraction of sp³-hybridized carbons (Fsp3) is 0.529. The molecule has 1 fully saturated rings. The van der Waals surface area contributed by atoms with Gasteiger partial charge in [-0.05, 0) is 30.5 Å². The van der Waals surface area contributed by atoms with E-state index in [1.54, 1.807) is 0 Å². The zero-order valence-corrected chi connectivity index (χ0v) is 12.7. The van der Waals surface area contributed by atoms with Crippen molar-refractivity contribution in [2.24, 2.45) is 0 Å². The highest BCUT2D eigenvalue weighted by Crippen LogP contribution is 2.21. The molecule has 0 aliphatic carbocycles. The highest BCUT2D eigenvalue weighted by Gasteiger charge is 2.21. The van der Waals surface area contributed by atoms with E-state index in [1.165, 1.54) is 0 Å². The Hall–Kier alpha value is -1.84. The second kappa shape index (κ2) is 7.81. The van der Waals surface area contributed by atoms with Crippen LogP contribution >= 0.6 is 0 Å². The molecule has 1 aliphatic heterocycles. The summed E-state index contributed by atoms with van der Waals surface area (Å²) in [5.74, 6) is 0.314. The second-order valence-corrected chi connectivity index (χ2v) is 5.55. The lowest BCUT2D eigenvalue weighted by Gasteiger charge is -2.16. The molecular formula is C17H24N2O2. The van der Waals surface area contributed by atoms with Crippen molar-refractivity contribution in [2.45, 2.75) is 52.0 Å². The van der Waals surface area contributed by atoms with Gasteiger partial charge in [0.1, 0.15) is 0 Å². The number of nitrogens with zero attached hydrogens (tertiary/aromatic N) is 1. The number of anilines is 1. The van der Waals surface area contributed by atoms with Gasteiger partial charge in [0.05, 0.1) is 0 Å². The molecule has 1 heterocycles. The maximum atomic E-state index is 11.7. The Morgan fingerprint density at radius 2 is 2.00 bits per heavy atom. The van der Waals surface area contributed by atoms with Crippen molar-refractivity contribution in [2.75, 3.05) is 11.4 Å². The monoisotopic (exact) mass is 288 g/mol. The van der Waals surface area contributed by atoms with E-state index in [0.717, 1.165) is 43.5 Å². The molecule has 0 radical (unpaired) electrons. The van der Waals surface area contributed by atoms with Gasteiger partial charge in [-0.2, -0.15) is 0 Å². The lowest BCUT2D eigenvalue weighted by molar-refractivity contribution is -0.121. The first-order valence-corrected chi connectivity index (χ1v) is 7.86. The standard InChI is InChI=1S/C17H24N2O2/c1-2-3-4-6-16(20)18-13-14-8-10-15(11-9-14)19-12-5-7-17(19)21/h8-11H,2-7,12-13H2,1H3,(H,18,20). The van der Waals surface area contributed by atoms with Crippen molar-refractivity contribution in [3.8, 4) is 0 Å². The fourth-order valence-corrected chi connectivity index (χ4v) is 2.54. The highest BCUT2D eigenvalue weighted by atomic mass is 16.2. The lowest BCUT2D eigenvalue weighted by Crippen LogP contribution is -2.24. The van der Waals surface area contributed by atoms with Crippen LogP contribution in [0.15, 0.2) is 24.3 Å². The Kier molecular flexibility index (Phi) is 5.78. The van der Waals surface area contributed by atoms with Gasteiger partial charge in [-0.25, -0.2) is 0 Å². The van der Waals surface area contributed by atoms with Crippen molar-refractivity contribution in [1.29, 1.82) is 0 Å². The molecule has 4 heteroatoms. The van der Waals surface area contributed by atoms with Gasteiger partial charge in [-0.15, -0.1) is 0 Å². The van der Waals surface area contributed by atoms with Crippen LogP contribution in [0.5, 0.6) is 0 Å². The average molecular weight is 288 g/mol. The van der Waals surface area contributed by atoms with Crippen LogP contribution in [-0.4, -0.2) is 18.4 Å². The summed E-state index contributed by atoms with van der Waals surface area (Å²) in [6.07, 6.45) is 5.38. The van der Waals surface area contributed by atoms with Gasteiger partial charge in [0, 0.05) is 31.6 Å². The second-order valence-electron chi connectivity index (χ2n) is 5.55. The molecule has 0 saturated carbocycles. The summed E-state index contributed by atoms with van der Waals surface area (Å²) in [5, 5.41) is 2.94. The molecular weight excluding hydrogens is 264 g/mol. The molecule has 2 rings (SSSR count). The number of amides is 2. The summed E-state index contributed by atoms with van der Waals surface area (Å²) in [6, 6.07) is 7.88. The third-order valence-corrected chi connectivity index (χ3v) is 3.82. The van der Waals surface area contributed by atoms with Crippen LogP contribution in [0.2, 0.25) is 0 Å². The highest BCUT2D eigenvalue weighted by molar-refractivity contribution is 5.95. The van der Waals surface area contributed by atoms with Gasteiger partial charge >= 0.3 is 0 Å². The number of unbranched alkanes of at least 4 members (excludes halogenated alkanes) is 2. The van der Waals surface area contributed by atoms with Crippen molar-refractivity contribution >= 4 is 17.5 Å². The molecule has 0 bridgehead atoms. The first kappa shape index (κ1) is 15.5. The van der Waals surface area contributed by atoms with E-state index in [9.17, 15) is 9.59 Å². The average Bonchev–Trinajstić information content (AvgIpc) is 2.92. The topological polar surface area (TPSA) is 49.4 Å². The SMILES string of the molecule is CCCCCC(=O)NCc1ccc(N2CCCC2=O)cc1. The Morgan fingerprint density at radius 3 is 2.62 bits per heavy atom. The summed E-state index contributed by atoms with van der Waals surface area (Å²) >= 11 is 0. The quantitative estimate of drug-likeness (QED) is 0.784. The Bertz CT molecular complexity index is 482. The van der Waals surface area contributed by atoms with Crippen molar-refractivity contribution in [1.82, 2.24) is 5.32 Å². The van der Waals surface area contributed by atoms with E-state index in [0.29, 0.717) is 19.4 Å². The molecule has 0 spiro atoms. The van der Waals surface area contributed by atoms with E-state index >= 15 is 0 Å². The van der Waals surface area contributed by atoms with Gasteiger partial charge in [-0.1, -0.05) is 31.9 Å². The Balaban J connectivity index is 1.80. The number of carbonyl (C=O) groups excluding carboxylic acids is 2. The third-order valence-electron chi connectivity index (χ3n) is 3.82. The van der Waals surface area contributed by atoms with Gasteiger partial charge in [0.2, 0.25) is 11.8 Å². The molecule has 1 saturated heterocycles. The number of hydrogen-bond donors (Lipinski definition) is 1. The van der Waals surface area contributed by atoms with Gasteiger partial charge in [0.15, 0.2) is 0 Å². The maximum Gasteiger partial charge on any atom is 0.227 e. The van der Waals surface area contributed by atoms with E-state index in [4.69, 9.17) is 0 Å². The van der Waals surface area contributed by atoms with E-state index < -0.39 is 0 Å². The molecule has 0 unspecified atom stereocenters. The summed E-state index contributed by atoms with van der Waals surface area (Å²) in [6.45, 7) is 3.50. The van der Waals surface area contributed by atoms with E-state index in [1.807, 2.05) is 29.2 Å². The van der Waals surface area contributed by atoms with Crippen LogP contribution in [0, 0.1) is 0 Å². The normalized spacial score (nSPS) is 14.5. The van der Waals surface area contributed by atoms with Crippen LogP contribution in [0.25, 0.3) is 0 Å². The zero-order chi connectivity index (χ0) is 15.1. The summed E-state index contributed by atoms with van der Waals surface area (Å²) in [7, 11) is 0. The molecule has 21 heavy (non-hydrogen) atoms. The summed E-state index contributed by atoms with van der Waals surface area (Å²) < 4.78 is 0. The van der Waals surface area contributed by atoms with E-state index in [-0.39, 0.29) is 11.8 Å². The molecule has 0 atom stereocenters. The molecule has 0 aromatic heterocycles. The predicted molar refractivity (Wildman–Crippen MR) is 84.0 cm³/mol. The molecule has 4 nitrogen and oxygen atoms in total. The lowest BCUT2D eigenvalue weighted by atomic mass is 10.1. The minimum atomic E-state index is 0.113. The third kappa shape index (κ3) is 4.59. The molecule has 114 valence electrons. The maximum absolute atomic E-state index is 11.7. The zero-order valence-electron chi connectivity index (χ0n) is 12.7. The van der Waals surface area contributed by atoms with Gasteiger partial charge < -0.3 is 10.2 Å². The van der Waals surface area contributed by atoms with Crippen LogP contribution in [0.4, 0.5) is 5.69 Å². The first-order valence-electron chi connectivity index (χ1n) is 7.86. The van der Waals surface area contributed by atoms with Gasteiger partial charge in [0.25, 0.3) is 0 Å². The smallest absolute Gasteiger partial charge is 0.227 e. The minimum Gasteiger partial charge on any atom is -0.352 e. The minimum absolute atomic E-state index is 0.113. The number of hydrogen-bond acceptors (Lipinski definition) is 2. The first-order chi connectivity index (χ1) is 10.2. The number of nitrogens with one attached hydrogen (secondary N) is 1.